The highest BCUT2D eigenvalue weighted by atomic mass is 35.5. The predicted octanol–water partition coefficient (Wildman–Crippen LogP) is 1.17. The first kappa shape index (κ1) is 16.6. The number of halogens is 1. The first-order valence-corrected chi connectivity index (χ1v) is 7.28. The molecule has 120 valence electrons. The fraction of sp³-hybridized carbons (Fsp3) is 0.467. The van der Waals surface area contributed by atoms with Gasteiger partial charge in [0.1, 0.15) is 5.75 Å². The molecule has 1 unspecified atom stereocenters. The summed E-state index contributed by atoms with van der Waals surface area (Å²) in [5, 5.41) is 8.99. The van der Waals surface area contributed by atoms with Gasteiger partial charge in [-0.25, -0.2) is 0 Å². The molecule has 22 heavy (non-hydrogen) atoms. The zero-order valence-electron chi connectivity index (χ0n) is 12.2. The van der Waals surface area contributed by atoms with Gasteiger partial charge in [-0.1, -0.05) is 0 Å². The summed E-state index contributed by atoms with van der Waals surface area (Å²) < 4.78 is 5.27. The molecule has 1 aromatic carbocycles. The Morgan fingerprint density at radius 2 is 2.27 bits per heavy atom. The van der Waals surface area contributed by atoms with Gasteiger partial charge in [0, 0.05) is 12.1 Å². The Morgan fingerprint density at radius 1 is 1.41 bits per heavy atom. The molecule has 0 saturated carbocycles. The topological polar surface area (TPSA) is 79.5 Å². The Balaban J connectivity index is 0.00000176. The molecule has 0 spiro atoms. The van der Waals surface area contributed by atoms with Crippen molar-refractivity contribution in [3.63, 3.8) is 0 Å². The average molecular weight is 326 g/mol. The minimum atomic E-state index is -0.201. The first-order chi connectivity index (χ1) is 10.2. The summed E-state index contributed by atoms with van der Waals surface area (Å²) in [6, 6.07) is 5.08. The second-order valence-electron chi connectivity index (χ2n) is 5.47. The molecule has 1 aromatic rings. The number of fused-ring (bicyclic) bond motifs is 1. The fourth-order valence-electron chi connectivity index (χ4n) is 2.66. The van der Waals surface area contributed by atoms with E-state index in [0.717, 1.165) is 25.9 Å². The van der Waals surface area contributed by atoms with E-state index < -0.39 is 0 Å². The van der Waals surface area contributed by atoms with Gasteiger partial charge in [-0.2, -0.15) is 0 Å². The molecule has 2 aliphatic heterocycles. The van der Waals surface area contributed by atoms with Crippen LogP contribution in [-0.2, 0) is 4.79 Å². The van der Waals surface area contributed by atoms with Crippen molar-refractivity contribution in [2.75, 3.05) is 31.6 Å². The molecule has 3 rings (SSSR count). The van der Waals surface area contributed by atoms with E-state index in [1.54, 1.807) is 18.2 Å². The molecule has 2 amide bonds. The van der Waals surface area contributed by atoms with Crippen molar-refractivity contribution in [1.82, 2.24) is 10.6 Å². The number of hydrogen-bond acceptors (Lipinski definition) is 4. The van der Waals surface area contributed by atoms with Gasteiger partial charge in [-0.3, -0.25) is 9.59 Å². The summed E-state index contributed by atoms with van der Waals surface area (Å²) in [5.74, 6) is 0.766. The third-order valence-corrected chi connectivity index (χ3v) is 3.82. The standard InChI is InChI=1S/C15H19N3O3.ClH/c19-14-9-21-13-4-3-11(6-12(13)18-14)15(20)17-8-10-2-1-5-16-7-10;/h3-4,6,10,16H,1-2,5,7-9H2,(H,17,20)(H,18,19);1H. The van der Waals surface area contributed by atoms with Gasteiger partial charge in [0.15, 0.2) is 6.61 Å². The van der Waals surface area contributed by atoms with Crippen LogP contribution >= 0.6 is 12.4 Å². The lowest BCUT2D eigenvalue weighted by Crippen LogP contribution is -2.38. The monoisotopic (exact) mass is 325 g/mol. The summed E-state index contributed by atoms with van der Waals surface area (Å²) in [4.78, 5) is 23.5. The zero-order valence-corrected chi connectivity index (χ0v) is 13.0. The van der Waals surface area contributed by atoms with Crippen LogP contribution < -0.4 is 20.7 Å². The fourth-order valence-corrected chi connectivity index (χ4v) is 2.66. The van der Waals surface area contributed by atoms with Crippen LogP contribution in [0.5, 0.6) is 5.75 Å². The highest BCUT2D eigenvalue weighted by Gasteiger charge is 2.19. The van der Waals surface area contributed by atoms with Gasteiger partial charge in [0.25, 0.3) is 11.8 Å². The van der Waals surface area contributed by atoms with Gasteiger partial charge in [0.05, 0.1) is 5.69 Å². The Hall–Kier alpha value is -1.79. The van der Waals surface area contributed by atoms with Gasteiger partial charge >= 0.3 is 0 Å². The van der Waals surface area contributed by atoms with Crippen molar-refractivity contribution in [2.45, 2.75) is 12.8 Å². The maximum Gasteiger partial charge on any atom is 0.262 e. The lowest BCUT2D eigenvalue weighted by Gasteiger charge is -2.23. The van der Waals surface area contributed by atoms with E-state index in [-0.39, 0.29) is 30.8 Å². The smallest absolute Gasteiger partial charge is 0.262 e. The number of hydrogen-bond donors (Lipinski definition) is 3. The normalized spacial score (nSPS) is 20.0. The van der Waals surface area contributed by atoms with Crippen LogP contribution in [0.4, 0.5) is 5.69 Å². The summed E-state index contributed by atoms with van der Waals surface area (Å²) in [5.41, 5.74) is 1.08. The number of piperidine rings is 1. The van der Waals surface area contributed by atoms with Crippen LogP contribution in [0.3, 0.4) is 0 Å². The molecule has 1 fully saturated rings. The summed E-state index contributed by atoms with van der Waals surface area (Å²) in [7, 11) is 0. The van der Waals surface area contributed by atoms with Crippen molar-refractivity contribution in [1.29, 1.82) is 0 Å². The number of rotatable bonds is 3. The molecular formula is C15H20ClN3O3. The van der Waals surface area contributed by atoms with E-state index in [1.807, 2.05) is 0 Å². The molecule has 7 heteroatoms. The molecule has 0 aliphatic carbocycles. The van der Waals surface area contributed by atoms with Crippen LogP contribution in [0.25, 0.3) is 0 Å². The minimum Gasteiger partial charge on any atom is -0.482 e. The van der Waals surface area contributed by atoms with E-state index >= 15 is 0 Å². The molecule has 0 aromatic heterocycles. The van der Waals surface area contributed by atoms with Crippen LogP contribution in [0, 0.1) is 5.92 Å². The number of nitrogens with one attached hydrogen (secondary N) is 3. The lowest BCUT2D eigenvalue weighted by atomic mass is 9.99. The highest BCUT2D eigenvalue weighted by molar-refractivity contribution is 5.99. The number of anilines is 1. The quantitative estimate of drug-likeness (QED) is 0.779. The molecule has 2 aliphatic rings. The number of benzene rings is 1. The number of ether oxygens (including phenoxy) is 1. The van der Waals surface area contributed by atoms with Crippen LogP contribution in [0.15, 0.2) is 18.2 Å². The Morgan fingerprint density at radius 3 is 3.05 bits per heavy atom. The average Bonchev–Trinajstić information content (AvgIpc) is 2.53. The second kappa shape index (κ2) is 7.47. The largest absolute Gasteiger partial charge is 0.482 e. The van der Waals surface area contributed by atoms with Crippen LogP contribution in [-0.4, -0.2) is 38.1 Å². The molecule has 1 saturated heterocycles. The molecule has 3 N–H and O–H groups in total. The van der Waals surface area contributed by atoms with E-state index in [0.29, 0.717) is 29.5 Å². The summed E-state index contributed by atoms with van der Waals surface area (Å²) in [6.45, 7) is 2.71. The van der Waals surface area contributed by atoms with Crippen LogP contribution in [0.2, 0.25) is 0 Å². The van der Waals surface area contributed by atoms with Crippen molar-refractivity contribution < 1.29 is 14.3 Å². The SMILES string of the molecule is Cl.O=C1COc2ccc(C(=O)NCC3CCCNC3)cc2N1. The van der Waals surface area contributed by atoms with Gasteiger partial charge in [0.2, 0.25) is 0 Å². The van der Waals surface area contributed by atoms with Gasteiger partial charge in [-0.05, 0) is 50.0 Å². The molecule has 1 atom stereocenters. The zero-order chi connectivity index (χ0) is 14.7. The number of amides is 2. The van der Waals surface area contributed by atoms with Gasteiger partial charge in [-0.15, -0.1) is 12.4 Å². The van der Waals surface area contributed by atoms with E-state index in [9.17, 15) is 9.59 Å². The van der Waals surface area contributed by atoms with Crippen LogP contribution in [0.1, 0.15) is 23.2 Å². The van der Waals surface area contributed by atoms with E-state index in [2.05, 4.69) is 16.0 Å². The van der Waals surface area contributed by atoms with E-state index in [4.69, 9.17) is 4.74 Å². The first-order valence-electron chi connectivity index (χ1n) is 7.28. The maximum absolute atomic E-state index is 12.2. The third kappa shape index (κ3) is 3.90. The summed E-state index contributed by atoms with van der Waals surface area (Å²) >= 11 is 0. The number of carbonyl (C=O) groups excluding carboxylic acids is 2. The van der Waals surface area contributed by atoms with Crippen molar-refractivity contribution in [2.24, 2.45) is 5.92 Å². The number of carbonyl (C=O) groups is 2. The molecular weight excluding hydrogens is 306 g/mol. The summed E-state index contributed by atoms with van der Waals surface area (Å²) in [6.07, 6.45) is 2.30. The second-order valence-corrected chi connectivity index (χ2v) is 5.47. The van der Waals surface area contributed by atoms with Crippen molar-refractivity contribution in [3.05, 3.63) is 23.8 Å². The molecule has 6 nitrogen and oxygen atoms in total. The predicted molar refractivity (Wildman–Crippen MR) is 85.7 cm³/mol. The highest BCUT2D eigenvalue weighted by Crippen LogP contribution is 2.28. The molecule has 2 heterocycles. The Bertz CT molecular complexity index is 559. The third-order valence-electron chi connectivity index (χ3n) is 3.82. The minimum absolute atomic E-state index is 0. The maximum atomic E-state index is 12.2. The Kier molecular flexibility index (Phi) is 5.63. The molecule has 0 radical (unpaired) electrons. The Labute approximate surface area is 135 Å². The van der Waals surface area contributed by atoms with Crippen molar-refractivity contribution in [3.8, 4) is 5.75 Å². The molecule has 0 bridgehead atoms. The van der Waals surface area contributed by atoms with Gasteiger partial charge < -0.3 is 20.7 Å². The van der Waals surface area contributed by atoms with Crippen molar-refractivity contribution >= 4 is 29.9 Å². The van der Waals surface area contributed by atoms with E-state index in [1.165, 1.54) is 0 Å². The lowest BCUT2D eigenvalue weighted by molar-refractivity contribution is -0.118.